The Hall–Kier alpha value is -1.36. The second-order valence-electron chi connectivity index (χ2n) is 4.83. The minimum atomic E-state index is -0.0278. The van der Waals surface area contributed by atoms with Crippen molar-refractivity contribution in [2.24, 2.45) is 0 Å². The van der Waals surface area contributed by atoms with Crippen LogP contribution >= 0.6 is 15.9 Å². The van der Waals surface area contributed by atoms with Crippen molar-refractivity contribution in [3.63, 3.8) is 0 Å². The lowest BCUT2D eigenvalue weighted by Gasteiger charge is -2.05. The second kappa shape index (κ2) is 4.09. The molecule has 3 rings (SSSR count). The predicted octanol–water partition coefficient (Wildman–Crippen LogP) is 2.61. The molecule has 1 N–H and O–H groups in total. The van der Waals surface area contributed by atoms with Crippen LogP contribution in [-0.2, 0) is 0 Å². The van der Waals surface area contributed by atoms with Crippen LogP contribution in [-0.4, -0.2) is 21.3 Å². The molecule has 2 aromatic rings. The van der Waals surface area contributed by atoms with Gasteiger partial charge in [0, 0.05) is 16.7 Å². The molecule has 1 aliphatic rings. The third-order valence-corrected chi connectivity index (χ3v) is 3.61. The van der Waals surface area contributed by atoms with Gasteiger partial charge in [0.25, 0.3) is 5.91 Å². The Balaban J connectivity index is 2.14. The normalized spacial score (nSPS) is 15.1. The SMILES string of the molecule is Cc1nc2c(C)cc(Br)cn2c1C(=O)NC1CC1. The van der Waals surface area contributed by atoms with Crippen LogP contribution in [0.5, 0.6) is 0 Å². The van der Waals surface area contributed by atoms with Crippen molar-refractivity contribution in [2.45, 2.75) is 32.7 Å². The summed E-state index contributed by atoms with van der Waals surface area (Å²) in [6.45, 7) is 3.87. The fourth-order valence-corrected chi connectivity index (χ4v) is 2.68. The predicted molar refractivity (Wildman–Crippen MR) is 72.9 cm³/mol. The zero-order valence-corrected chi connectivity index (χ0v) is 11.9. The number of halogens is 1. The van der Waals surface area contributed by atoms with E-state index in [0.29, 0.717) is 11.7 Å². The van der Waals surface area contributed by atoms with Crippen molar-refractivity contribution < 1.29 is 4.79 Å². The molecular weight excluding hydrogens is 294 g/mol. The van der Waals surface area contributed by atoms with Crippen LogP contribution in [0.2, 0.25) is 0 Å². The summed E-state index contributed by atoms with van der Waals surface area (Å²) in [6, 6.07) is 2.36. The Morgan fingerprint density at radius 1 is 1.50 bits per heavy atom. The molecule has 94 valence electrons. The molecule has 5 heteroatoms. The van der Waals surface area contributed by atoms with Gasteiger partial charge >= 0.3 is 0 Å². The van der Waals surface area contributed by atoms with Crippen LogP contribution < -0.4 is 5.32 Å². The summed E-state index contributed by atoms with van der Waals surface area (Å²) in [5.74, 6) is -0.0278. The van der Waals surface area contributed by atoms with Crippen LogP contribution in [0.4, 0.5) is 0 Å². The zero-order chi connectivity index (χ0) is 12.9. The molecule has 1 saturated carbocycles. The van der Waals surface area contributed by atoms with Gasteiger partial charge in [0.15, 0.2) is 0 Å². The highest BCUT2D eigenvalue weighted by Gasteiger charge is 2.26. The van der Waals surface area contributed by atoms with Gasteiger partial charge in [-0.25, -0.2) is 4.98 Å². The molecule has 18 heavy (non-hydrogen) atoms. The van der Waals surface area contributed by atoms with E-state index in [1.54, 1.807) is 0 Å². The van der Waals surface area contributed by atoms with Gasteiger partial charge in [0.2, 0.25) is 0 Å². The van der Waals surface area contributed by atoms with Crippen molar-refractivity contribution in [1.82, 2.24) is 14.7 Å². The monoisotopic (exact) mass is 307 g/mol. The van der Waals surface area contributed by atoms with Crippen molar-refractivity contribution in [1.29, 1.82) is 0 Å². The highest BCUT2D eigenvalue weighted by Crippen LogP contribution is 2.23. The summed E-state index contributed by atoms with van der Waals surface area (Å²) >= 11 is 3.46. The van der Waals surface area contributed by atoms with E-state index in [1.165, 1.54) is 0 Å². The van der Waals surface area contributed by atoms with E-state index >= 15 is 0 Å². The van der Waals surface area contributed by atoms with E-state index in [0.717, 1.165) is 34.2 Å². The van der Waals surface area contributed by atoms with Crippen molar-refractivity contribution in [3.05, 3.63) is 33.7 Å². The molecule has 4 nitrogen and oxygen atoms in total. The van der Waals surface area contributed by atoms with Gasteiger partial charge in [-0.2, -0.15) is 0 Å². The van der Waals surface area contributed by atoms with E-state index in [1.807, 2.05) is 30.5 Å². The number of carbonyl (C=O) groups is 1. The topological polar surface area (TPSA) is 46.4 Å². The molecule has 0 bridgehead atoms. The molecule has 0 unspecified atom stereocenters. The average molecular weight is 308 g/mol. The van der Waals surface area contributed by atoms with Gasteiger partial charge in [0.1, 0.15) is 11.3 Å². The van der Waals surface area contributed by atoms with Gasteiger partial charge in [-0.15, -0.1) is 0 Å². The first kappa shape index (κ1) is 11.7. The van der Waals surface area contributed by atoms with Crippen molar-refractivity contribution in [2.75, 3.05) is 0 Å². The molecule has 0 radical (unpaired) electrons. The average Bonchev–Trinajstić information content (AvgIpc) is 3.01. The third kappa shape index (κ3) is 1.92. The van der Waals surface area contributed by atoms with E-state index in [2.05, 4.69) is 26.2 Å². The Kier molecular flexibility index (Phi) is 2.66. The first-order valence-electron chi connectivity index (χ1n) is 6.02. The minimum absolute atomic E-state index is 0.0278. The molecule has 1 aliphatic carbocycles. The second-order valence-corrected chi connectivity index (χ2v) is 5.74. The number of amides is 1. The van der Waals surface area contributed by atoms with Crippen molar-refractivity contribution >= 4 is 27.5 Å². The molecule has 0 aromatic carbocycles. The summed E-state index contributed by atoms with van der Waals surface area (Å²) in [6.07, 6.45) is 4.07. The van der Waals surface area contributed by atoms with Crippen LogP contribution in [0.15, 0.2) is 16.7 Å². The van der Waals surface area contributed by atoms with Gasteiger partial charge in [-0.05, 0) is 54.2 Å². The number of pyridine rings is 1. The number of aromatic nitrogens is 2. The van der Waals surface area contributed by atoms with Crippen LogP contribution in [0, 0.1) is 13.8 Å². The zero-order valence-electron chi connectivity index (χ0n) is 10.3. The number of hydrogen-bond acceptors (Lipinski definition) is 2. The van der Waals surface area contributed by atoms with Gasteiger partial charge in [-0.1, -0.05) is 0 Å². The number of nitrogens with one attached hydrogen (secondary N) is 1. The van der Waals surface area contributed by atoms with Crippen LogP contribution in [0.1, 0.15) is 34.6 Å². The van der Waals surface area contributed by atoms with E-state index in [4.69, 9.17) is 0 Å². The first-order chi connectivity index (χ1) is 8.56. The summed E-state index contributed by atoms with van der Waals surface area (Å²) in [5.41, 5.74) is 3.31. The lowest BCUT2D eigenvalue weighted by molar-refractivity contribution is 0.0944. The van der Waals surface area contributed by atoms with E-state index < -0.39 is 0 Å². The maximum atomic E-state index is 12.2. The van der Waals surface area contributed by atoms with Crippen LogP contribution in [0.3, 0.4) is 0 Å². The smallest absolute Gasteiger partial charge is 0.270 e. The summed E-state index contributed by atoms with van der Waals surface area (Å²) in [5, 5.41) is 3.01. The number of rotatable bonds is 2. The Labute approximate surface area is 114 Å². The Morgan fingerprint density at radius 3 is 2.89 bits per heavy atom. The molecule has 0 atom stereocenters. The summed E-state index contributed by atoms with van der Waals surface area (Å²) in [4.78, 5) is 16.7. The lowest BCUT2D eigenvalue weighted by atomic mass is 10.3. The standard InChI is InChI=1S/C13H14BrN3O/c1-7-5-9(14)6-17-11(8(2)15-12(7)17)13(18)16-10-3-4-10/h5-6,10H,3-4H2,1-2H3,(H,16,18). The number of carbonyl (C=O) groups excluding carboxylic acids is 1. The molecule has 1 fully saturated rings. The fraction of sp³-hybridized carbons (Fsp3) is 0.385. The van der Waals surface area contributed by atoms with E-state index in [-0.39, 0.29) is 5.91 Å². The summed E-state index contributed by atoms with van der Waals surface area (Å²) in [7, 11) is 0. The number of fused-ring (bicyclic) bond motifs is 1. The van der Waals surface area contributed by atoms with Gasteiger partial charge in [-0.3, -0.25) is 9.20 Å². The Bertz CT molecular complexity index is 643. The molecule has 2 heterocycles. The quantitative estimate of drug-likeness (QED) is 0.927. The number of imidazole rings is 1. The van der Waals surface area contributed by atoms with Gasteiger partial charge in [0.05, 0.1) is 5.69 Å². The van der Waals surface area contributed by atoms with Crippen molar-refractivity contribution in [3.8, 4) is 0 Å². The molecule has 0 aliphatic heterocycles. The third-order valence-electron chi connectivity index (χ3n) is 3.17. The summed E-state index contributed by atoms with van der Waals surface area (Å²) < 4.78 is 2.82. The van der Waals surface area contributed by atoms with E-state index in [9.17, 15) is 4.79 Å². The number of nitrogens with zero attached hydrogens (tertiary/aromatic N) is 2. The minimum Gasteiger partial charge on any atom is -0.348 e. The molecule has 1 amide bonds. The Morgan fingerprint density at radius 2 is 2.22 bits per heavy atom. The number of aryl methyl sites for hydroxylation is 2. The largest absolute Gasteiger partial charge is 0.348 e. The molecule has 0 spiro atoms. The lowest BCUT2D eigenvalue weighted by Crippen LogP contribution is -2.27. The first-order valence-corrected chi connectivity index (χ1v) is 6.81. The molecule has 2 aromatic heterocycles. The maximum absolute atomic E-state index is 12.2. The molecule has 0 saturated heterocycles. The van der Waals surface area contributed by atoms with Gasteiger partial charge < -0.3 is 5.32 Å². The van der Waals surface area contributed by atoms with Crippen LogP contribution in [0.25, 0.3) is 5.65 Å². The maximum Gasteiger partial charge on any atom is 0.270 e. The highest BCUT2D eigenvalue weighted by molar-refractivity contribution is 9.10. The number of hydrogen-bond donors (Lipinski definition) is 1. The molecular formula is C13H14BrN3O. The fourth-order valence-electron chi connectivity index (χ4n) is 2.14. The highest BCUT2D eigenvalue weighted by atomic mass is 79.9.